The van der Waals surface area contributed by atoms with E-state index in [0.717, 1.165) is 11.3 Å². The summed E-state index contributed by atoms with van der Waals surface area (Å²) in [4.78, 5) is 0. The van der Waals surface area contributed by atoms with Crippen LogP contribution in [0.25, 0.3) is 0 Å². The van der Waals surface area contributed by atoms with Crippen molar-refractivity contribution in [3.05, 3.63) is 14.3 Å². The van der Waals surface area contributed by atoms with E-state index >= 15 is 0 Å². The van der Waals surface area contributed by atoms with Crippen LogP contribution in [-0.2, 0) is 0 Å². The van der Waals surface area contributed by atoms with Gasteiger partial charge in [0.05, 0.1) is 4.47 Å². The van der Waals surface area contributed by atoms with Gasteiger partial charge in [-0.3, -0.25) is 0 Å². The Labute approximate surface area is 86.8 Å². The topological polar surface area (TPSA) is 9.23 Å². The molecule has 1 rings (SSSR count). The van der Waals surface area contributed by atoms with Gasteiger partial charge in [-0.05, 0) is 31.9 Å². The van der Waals surface area contributed by atoms with E-state index in [9.17, 15) is 13.2 Å². The van der Waals surface area contributed by atoms with E-state index in [1.54, 1.807) is 0 Å². The molecule has 1 nitrogen and oxygen atoms in total. The van der Waals surface area contributed by atoms with Gasteiger partial charge in [0, 0.05) is 9.85 Å². The minimum absolute atomic E-state index is 0.200. The second-order valence-electron chi connectivity index (χ2n) is 1.73. The predicted octanol–water partition coefficient (Wildman–Crippen LogP) is 4.17. The number of hydrogen-bond donors (Lipinski definition) is 0. The number of ether oxygens (including phenoxy) is 1. The van der Waals surface area contributed by atoms with Gasteiger partial charge < -0.3 is 4.74 Å². The van der Waals surface area contributed by atoms with Crippen LogP contribution in [0.15, 0.2) is 14.3 Å². The minimum atomic E-state index is -4.63. The predicted molar refractivity (Wildman–Crippen MR) is 46.4 cm³/mol. The second kappa shape index (κ2) is 3.55. The van der Waals surface area contributed by atoms with Gasteiger partial charge in [-0.2, -0.15) is 0 Å². The number of alkyl halides is 3. The lowest BCUT2D eigenvalue weighted by Crippen LogP contribution is -2.16. The normalized spacial score (nSPS) is 11.8. The molecule has 0 atom stereocenters. The SMILES string of the molecule is FC(F)(F)Oc1scc(Br)c1Br. The van der Waals surface area contributed by atoms with Crippen LogP contribution in [0.1, 0.15) is 0 Å². The van der Waals surface area contributed by atoms with Gasteiger partial charge in [-0.1, -0.05) is 0 Å². The fourth-order valence-corrected chi connectivity index (χ4v) is 2.38. The lowest BCUT2D eigenvalue weighted by Gasteiger charge is -2.06. The number of rotatable bonds is 1. The fourth-order valence-electron chi connectivity index (χ4n) is 0.480. The highest BCUT2D eigenvalue weighted by Crippen LogP contribution is 2.41. The Balaban J connectivity index is 2.83. The molecule has 0 fully saturated rings. The van der Waals surface area contributed by atoms with Crippen molar-refractivity contribution in [3.63, 3.8) is 0 Å². The van der Waals surface area contributed by atoms with Crippen LogP contribution in [0.4, 0.5) is 13.2 Å². The first-order valence-corrected chi connectivity index (χ1v) is 5.05. The summed E-state index contributed by atoms with van der Waals surface area (Å²) in [5.74, 6) is 0. The van der Waals surface area contributed by atoms with Gasteiger partial charge in [0.15, 0.2) is 5.06 Å². The Hall–Kier alpha value is 0.250. The molecule has 0 spiro atoms. The average molecular weight is 326 g/mol. The summed E-state index contributed by atoms with van der Waals surface area (Å²) >= 11 is 6.85. The molecule has 68 valence electrons. The highest BCUT2D eigenvalue weighted by molar-refractivity contribution is 9.13. The first-order chi connectivity index (χ1) is 5.40. The van der Waals surface area contributed by atoms with E-state index < -0.39 is 6.36 Å². The van der Waals surface area contributed by atoms with Crippen molar-refractivity contribution in [3.8, 4) is 5.06 Å². The van der Waals surface area contributed by atoms with Crippen molar-refractivity contribution in [2.45, 2.75) is 6.36 Å². The van der Waals surface area contributed by atoms with Gasteiger partial charge >= 0.3 is 6.36 Å². The molecule has 0 aliphatic carbocycles. The summed E-state index contributed by atoms with van der Waals surface area (Å²) in [6.07, 6.45) is -4.63. The molecule has 12 heavy (non-hydrogen) atoms. The number of thiophene rings is 1. The van der Waals surface area contributed by atoms with Crippen LogP contribution in [0.5, 0.6) is 5.06 Å². The van der Waals surface area contributed by atoms with Crippen molar-refractivity contribution in [2.75, 3.05) is 0 Å². The van der Waals surface area contributed by atoms with Gasteiger partial charge in [0.25, 0.3) is 0 Å². The molecule has 0 saturated heterocycles. The van der Waals surface area contributed by atoms with Crippen molar-refractivity contribution < 1.29 is 17.9 Å². The quantitative estimate of drug-likeness (QED) is 0.753. The maximum Gasteiger partial charge on any atom is 0.573 e. The van der Waals surface area contributed by atoms with Gasteiger partial charge in [0.2, 0.25) is 0 Å². The molecule has 1 heterocycles. The molecule has 0 bridgehead atoms. The summed E-state index contributed by atoms with van der Waals surface area (Å²) in [6, 6.07) is 0. The zero-order valence-corrected chi connectivity index (χ0v) is 9.27. The fraction of sp³-hybridized carbons (Fsp3) is 0.200. The number of halogens is 5. The summed E-state index contributed by atoms with van der Waals surface area (Å²) in [5.41, 5.74) is 0. The Morgan fingerprint density at radius 2 is 1.92 bits per heavy atom. The van der Waals surface area contributed by atoms with E-state index in [4.69, 9.17) is 0 Å². The van der Waals surface area contributed by atoms with Crippen LogP contribution in [0.2, 0.25) is 0 Å². The van der Waals surface area contributed by atoms with E-state index in [1.807, 2.05) is 0 Å². The van der Waals surface area contributed by atoms with Crippen LogP contribution in [0.3, 0.4) is 0 Å². The lowest BCUT2D eigenvalue weighted by molar-refractivity contribution is -0.273. The average Bonchev–Trinajstić information content (AvgIpc) is 2.16. The minimum Gasteiger partial charge on any atom is -0.395 e. The van der Waals surface area contributed by atoms with E-state index in [1.165, 1.54) is 5.38 Å². The Kier molecular flexibility index (Phi) is 3.06. The molecular weight excluding hydrogens is 325 g/mol. The summed E-state index contributed by atoms with van der Waals surface area (Å²) in [7, 11) is 0. The molecule has 0 N–H and O–H groups in total. The Morgan fingerprint density at radius 3 is 2.25 bits per heavy atom. The summed E-state index contributed by atoms with van der Waals surface area (Å²) < 4.78 is 39.6. The van der Waals surface area contributed by atoms with Gasteiger partial charge in [-0.25, -0.2) is 0 Å². The molecule has 0 aromatic carbocycles. The van der Waals surface area contributed by atoms with Crippen LogP contribution in [0, 0.1) is 0 Å². The standard InChI is InChI=1S/C5HBr2F3OS/c6-2-1-12-4(3(2)7)11-5(8,9)10/h1H. The molecule has 1 aromatic heterocycles. The van der Waals surface area contributed by atoms with E-state index in [-0.39, 0.29) is 9.54 Å². The maximum absolute atomic E-state index is 11.7. The third-order valence-corrected chi connectivity index (χ3v) is 4.23. The van der Waals surface area contributed by atoms with Crippen molar-refractivity contribution in [1.82, 2.24) is 0 Å². The van der Waals surface area contributed by atoms with Gasteiger partial charge in [-0.15, -0.1) is 24.5 Å². The highest BCUT2D eigenvalue weighted by Gasteiger charge is 2.32. The third-order valence-electron chi connectivity index (χ3n) is 0.867. The smallest absolute Gasteiger partial charge is 0.395 e. The maximum atomic E-state index is 11.7. The highest BCUT2D eigenvalue weighted by atomic mass is 79.9. The molecule has 0 aliphatic rings. The molecule has 0 saturated carbocycles. The Morgan fingerprint density at radius 1 is 1.33 bits per heavy atom. The second-order valence-corrected chi connectivity index (χ2v) is 4.22. The molecule has 1 aromatic rings. The van der Waals surface area contributed by atoms with Crippen molar-refractivity contribution in [1.29, 1.82) is 0 Å². The molecule has 7 heteroatoms. The van der Waals surface area contributed by atoms with Gasteiger partial charge in [0.1, 0.15) is 0 Å². The lowest BCUT2D eigenvalue weighted by atomic mass is 10.6. The van der Waals surface area contributed by atoms with E-state index in [0.29, 0.717) is 4.47 Å². The molecule has 0 aliphatic heterocycles. The zero-order valence-electron chi connectivity index (χ0n) is 5.28. The molecule has 0 unspecified atom stereocenters. The molecule has 0 amide bonds. The monoisotopic (exact) mass is 324 g/mol. The number of hydrogen-bond acceptors (Lipinski definition) is 2. The zero-order chi connectivity index (χ0) is 9.35. The Bertz CT molecular complexity index is 283. The van der Waals surface area contributed by atoms with Crippen LogP contribution in [-0.4, -0.2) is 6.36 Å². The summed E-state index contributed by atoms with van der Waals surface area (Å²) in [6.45, 7) is 0. The third kappa shape index (κ3) is 2.63. The first kappa shape index (κ1) is 10.3. The van der Waals surface area contributed by atoms with E-state index in [2.05, 4.69) is 36.6 Å². The largest absolute Gasteiger partial charge is 0.573 e. The van der Waals surface area contributed by atoms with Crippen LogP contribution >= 0.6 is 43.2 Å². The van der Waals surface area contributed by atoms with Crippen molar-refractivity contribution >= 4 is 43.2 Å². The molecular formula is C5HBr2F3OS. The first-order valence-electron chi connectivity index (χ1n) is 2.58. The summed E-state index contributed by atoms with van der Waals surface area (Å²) in [5, 5.41) is 1.31. The van der Waals surface area contributed by atoms with Crippen molar-refractivity contribution in [2.24, 2.45) is 0 Å². The van der Waals surface area contributed by atoms with Crippen LogP contribution < -0.4 is 4.74 Å². The molecule has 0 radical (unpaired) electrons.